The number of halogens is 1. The van der Waals surface area contributed by atoms with Crippen molar-refractivity contribution in [1.82, 2.24) is 4.90 Å². The molecule has 1 aliphatic rings. The van der Waals surface area contributed by atoms with Crippen molar-refractivity contribution in [3.63, 3.8) is 0 Å². The summed E-state index contributed by atoms with van der Waals surface area (Å²) in [5.74, 6) is 0.0155. The van der Waals surface area contributed by atoms with Gasteiger partial charge in [-0.2, -0.15) is 0 Å². The smallest absolute Gasteiger partial charge is 0.242 e. The van der Waals surface area contributed by atoms with Gasteiger partial charge in [0.05, 0.1) is 6.04 Å². The van der Waals surface area contributed by atoms with Crippen LogP contribution < -0.4 is 5.73 Å². The van der Waals surface area contributed by atoms with E-state index in [-0.39, 0.29) is 11.9 Å². The van der Waals surface area contributed by atoms with Gasteiger partial charge in [-0.25, -0.2) is 0 Å². The Labute approximate surface area is 126 Å². The zero-order chi connectivity index (χ0) is 14.1. The van der Waals surface area contributed by atoms with Crippen molar-refractivity contribution in [2.24, 2.45) is 5.73 Å². The van der Waals surface area contributed by atoms with E-state index in [1.165, 1.54) is 0 Å². The Bertz CT molecular complexity index is 612. The lowest BCUT2D eigenvalue weighted by molar-refractivity contribution is -0.150. The van der Waals surface area contributed by atoms with Crippen molar-refractivity contribution in [2.75, 3.05) is 0 Å². The Kier molecular flexibility index (Phi) is 3.59. The first-order valence-electron chi connectivity index (χ1n) is 6.52. The number of hydrogen-bond donors (Lipinski definition) is 1. The second-order valence-electron chi connectivity index (χ2n) is 4.97. The standard InChI is InChI=1S/C16H15BrN2O/c17-13-8-6-12(7-9-13)15-14(18)16(20)19(15)10-11-4-2-1-3-5-11/h1-9,14-15H,10,18H2/t14-,15+/m1/s1. The predicted octanol–water partition coefficient (Wildman–Crippen LogP) is 2.86. The van der Waals surface area contributed by atoms with Gasteiger partial charge < -0.3 is 10.6 Å². The van der Waals surface area contributed by atoms with E-state index in [2.05, 4.69) is 15.9 Å². The molecule has 3 nitrogen and oxygen atoms in total. The van der Waals surface area contributed by atoms with E-state index in [1.807, 2.05) is 59.5 Å². The van der Waals surface area contributed by atoms with Crippen LogP contribution >= 0.6 is 15.9 Å². The SMILES string of the molecule is N[C@H]1C(=O)N(Cc2ccccc2)[C@H]1c1ccc(Br)cc1. The van der Waals surface area contributed by atoms with E-state index >= 15 is 0 Å². The molecule has 2 aromatic carbocycles. The Balaban J connectivity index is 1.82. The summed E-state index contributed by atoms with van der Waals surface area (Å²) in [6.07, 6.45) is 0. The van der Waals surface area contributed by atoms with Gasteiger partial charge in [0.2, 0.25) is 5.91 Å². The Morgan fingerprint density at radius 1 is 1.05 bits per heavy atom. The van der Waals surface area contributed by atoms with Crippen molar-refractivity contribution < 1.29 is 4.79 Å². The zero-order valence-corrected chi connectivity index (χ0v) is 12.5. The third-order valence-corrected chi connectivity index (χ3v) is 4.18. The molecule has 1 saturated heterocycles. The van der Waals surface area contributed by atoms with Crippen LogP contribution in [0.1, 0.15) is 17.2 Å². The van der Waals surface area contributed by atoms with E-state index in [0.29, 0.717) is 6.54 Å². The third kappa shape index (κ3) is 2.37. The molecule has 0 bridgehead atoms. The summed E-state index contributed by atoms with van der Waals surface area (Å²) in [6.45, 7) is 0.605. The zero-order valence-electron chi connectivity index (χ0n) is 10.9. The second kappa shape index (κ2) is 5.38. The average molecular weight is 331 g/mol. The maximum atomic E-state index is 12.0. The number of rotatable bonds is 3. The fourth-order valence-electron chi connectivity index (χ4n) is 2.58. The molecule has 102 valence electrons. The molecule has 1 amide bonds. The predicted molar refractivity (Wildman–Crippen MR) is 81.9 cm³/mol. The number of nitrogens with two attached hydrogens (primary N) is 1. The molecule has 2 N–H and O–H groups in total. The lowest BCUT2D eigenvalue weighted by Gasteiger charge is -2.45. The monoisotopic (exact) mass is 330 g/mol. The molecule has 3 rings (SSSR count). The summed E-state index contributed by atoms with van der Waals surface area (Å²) in [6, 6.07) is 17.5. The maximum Gasteiger partial charge on any atom is 0.242 e. The van der Waals surface area contributed by atoms with Crippen LogP contribution in [-0.2, 0) is 11.3 Å². The van der Waals surface area contributed by atoms with E-state index in [4.69, 9.17) is 5.73 Å². The summed E-state index contributed by atoms with van der Waals surface area (Å²) in [5, 5.41) is 0. The largest absolute Gasteiger partial charge is 0.328 e. The van der Waals surface area contributed by atoms with Gasteiger partial charge in [-0.05, 0) is 23.3 Å². The van der Waals surface area contributed by atoms with Gasteiger partial charge in [0.25, 0.3) is 0 Å². The number of carbonyl (C=O) groups excluding carboxylic acids is 1. The number of amides is 1. The molecular weight excluding hydrogens is 316 g/mol. The van der Waals surface area contributed by atoms with Crippen LogP contribution in [0.3, 0.4) is 0 Å². The molecule has 0 spiro atoms. The van der Waals surface area contributed by atoms with Crippen LogP contribution in [0.2, 0.25) is 0 Å². The van der Waals surface area contributed by atoms with Crippen LogP contribution in [-0.4, -0.2) is 16.8 Å². The molecule has 1 fully saturated rings. The van der Waals surface area contributed by atoms with Gasteiger partial charge in [0.15, 0.2) is 0 Å². The van der Waals surface area contributed by atoms with Crippen LogP contribution in [0.25, 0.3) is 0 Å². The van der Waals surface area contributed by atoms with Crippen LogP contribution in [0.15, 0.2) is 59.1 Å². The second-order valence-corrected chi connectivity index (χ2v) is 5.89. The lowest BCUT2D eigenvalue weighted by Crippen LogP contribution is -2.62. The third-order valence-electron chi connectivity index (χ3n) is 3.65. The van der Waals surface area contributed by atoms with Crippen molar-refractivity contribution >= 4 is 21.8 Å². The number of nitrogens with zero attached hydrogens (tertiary/aromatic N) is 1. The number of β-lactam (4-membered cyclic amide) rings is 1. The maximum absolute atomic E-state index is 12.0. The van der Waals surface area contributed by atoms with E-state index in [0.717, 1.165) is 15.6 Å². The molecular formula is C16H15BrN2O. The molecule has 20 heavy (non-hydrogen) atoms. The molecule has 4 heteroatoms. The number of carbonyl (C=O) groups is 1. The van der Waals surface area contributed by atoms with Crippen molar-refractivity contribution in [3.8, 4) is 0 Å². The molecule has 0 saturated carbocycles. The average Bonchev–Trinajstić information content (AvgIpc) is 2.49. The highest BCUT2D eigenvalue weighted by atomic mass is 79.9. The van der Waals surface area contributed by atoms with Gasteiger partial charge in [-0.1, -0.05) is 58.4 Å². The highest BCUT2D eigenvalue weighted by Gasteiger charge is 2.45. The molecule has 2 atom stereocenters. The first-order valence-corrected chi connectivity index (χ1v) is 7.31. The Hall–Kier alpha value is -1.65. The molecule has 0 aromatic heterocycles. The van der Waals surface area contributed by atoms with Gasteiger partial charge in [-0.3, -0.25) is 4.79 Å². The molecule has 1 heterocycles. The molecule has 0 aliphatic carbocycles. The summed E-state index contributed by atoms with van der Waals surface area (Å²) >= 11 is 3.42. The summed E-state index contributed by atoms with van der Waals surface area (Å²) in [4.78, 5) is 13.8. The first kappa shape index (κ1) is 13.3. The fourth-order valence-corrected chi connectivity index (χ4v) is 2.84. The van der Waals surface area contributed by atoms with E-state index < -0.39 is 6.04 Å². The quantitative estimate of drug-likeness (QED) is 0.879. The minimum absolute atomic E-state index is 0.0155. The van der Waals surface area contributed by atoms with Crippen LogP contribution in [0.5, 0.6) is 0 Å². The summed E-state index contributed by atoms with van der Waals surface area (Å²) in [5.41, 5.74) is 8.18. The minimum atomic E-state index is -0.431. The number of benzene rings is 2. The highest BCUT2D eigenvalue weighted by molar-refractivity contribution is 9.10. The molecule has 0 radical (unpaired) electrons. The normalized spacial score (nSPS) is 21.7. The van der Waals surface area contributed by atoms with E-state index in [9.17, 15) is 4.79 Å². The molecule has 0 unspecified atom stereocenters. The number of likely N-dealkylation sites (tertiary alicyclic amines) is 1. The van der Waals surface area contributed by atoms with Crippen molar-refractivity contribution in [2.45, 2.75) is 18.6 Å². The van der Waals surface area contributed by atoms with Crippen LogP contribution in [0.4, 0.5) is 0 Å². The Morgan fingerprint density at radius 3 is 2.35 bits per heavy atom. The van der Waals surface area contributed by atoms with Crippen LogP contribution in [0, 0.1) is 0 Å². The highest BCUT2D eigenvalue weighted by Crippen LogP contribution is 2.35. The molecule has 1 aliphatic heterocycles. The number of hydrogen-bond acceptors (Lipinski definition) is 2. The van der Waals surface area contributed by atoms with E-state index in [1.54, 1.807) is 0 Å². The van der Waals surface area contributed by atoms with Crippen molar-refractivity contribution in [1.29, 1.82) is 0 Å². The van der Waals surface area contributed by atoms with Gasteiger partial charge in [-0.15, -0.1) is 0 Å². The topological polar surface area (TPSA) is 46.3 Å². The van der Waals surface area contributed by atoms with Gasteiger partial charge in [0, 0.05) is 11.0 Å². The molecule has 2 aromatic rings. The first-order chi connectivity index (χ1) is 9.66. The summed E-state index contributed by atoms with van der Waals surface area (Å²) in [7, 11) is 0. The fraction of sp³-hybridized carbons (Fsp3) is 0.188. The summed E-state index contributed by atoms with van der Waals surface area (Å²) < 4.78 is 1.02. The Morgan fingerprint density at radius 2 is 1.70 bits per heavy atom. The van der Waals surface area contributed by atoms with Crippen molar-refractivity contribution in [3.05, 3.63) is 70.2 Å². The minimum Gasteiger partial charge on any atom is -0.328 e. The van der Waals surface area contributed by atoms with Gasteiger partial charge >= 0.3 is 0 Å². The lowest BCUT2D eigenvalue weighted by atomic mass is 9.88. The van der Waals surface area contributed by atoms with Gasteiger partial charge in [0.1, 0.15) is 6.04 Å².